The maximum atomic E-state index is 12.5. The molecule has 2 rings (SSSR count). The summed E-state index contributed by atoms with van der Waals surface area (Å²) in [6.07, 6.45) is -15.6. The predicted octanol–water partition coefficient (Wildman–Crippen LogP) is -6.78. The Kier molecular flexibility index (Phi) is 14.2. The second kappa shape index (κ2) is 16.6. The van der Waals surface area contributed by atoms with Crippen LogP contribution in [0.25, 0.3) is 0 Å². The molecule has 242 valence electrons. The Hall–Kier alpha value is -2.21. The predicted molar refractivity (Wildman–Crippen MR) is 136 cm³/mol. The molecule has 0 aliphatic carbocycles. The Morgan fingerprint density at radius 1 is 0.881 bits per heavy atom. The third-order valence-electron chi connectivity index (χ3n) is 6.45. The average Bonchev–Trinajstić information content (AvgIpc) is 2.95. The number of rotatable bonds is 15. The first-order chi connectivity index (χ1) is 19.7. The fourth-order valence-corrected chi connectivity index (χ4v) is 5.23. The van der Waals surface area contributed by atoms with Gasteiger partial charge in [-0.15, -0.1) is 11.8 Å². The monoisotopic (exact) mass is 631 g/mol. The van der Waals surface area contributed by atoms with Crippen LogP contribution in [0.3, 0.4) is 0 Å². The minimum Gasteiger partial charge on any atom is -0.480 e. The topological polar surface area (TPSA) is 328 Å². The minimum absolute atomic E-state index is 0.261. The van der Waals surface area contributed by atoms with Gasteiger partial charge in [0.2, 0.25) is 11.8 Å². The normalized spacial score (nSPS) is 34.7. The first-order valence-electron chi connectivity index (χ1n) is 12.7. The van der Waals surface area contributed by atoms with Crippen molar-refractivity contribution in [1.82, 2.24) is 10.6 Å². The number of amides is 2. The van der Waals surface area contributed by atoms with Crippen LogP contribution in [0.1, 0.15) is 12.8 Å². The Morgan fingerprint density at radius 2 is 1.52 bits per heavy atom. The van der Waals surface area contributed by atoms with Crippen molar-refractivity contribution in [3.05, 3.63) is 0 Å². The summed E-state index contributed by atoms with van der Waals surface area (Å²) in [7, 11) is 0. The average molecular weight is 632 g/mol. The van der Waals surface area contributed by atoms with E-state index in [1.54, 1.807) is 0 Å². The minimum atomic E-state index is -1.85. The number of ether oxygens (including phenoxy) is 3. The summed E-state index contributed by atoms with van der Waals surface area (Å²) in [5, 5.41) is 92.8. The molecule has 13 N–H and O–H groups in total. The van der Waals surface area contributed by atoms with Crippen molar-refractivity contribution in [2.24, 2.45) is 5.73 Å². The Balaban J connectivity index is 2.08. The lowest BCUT2D eigenvalue weighted by Gasteiger charge is -2.46. The number of carboxylic acids is 2. The van der Waals surface area contributed by atoms with Crippen molar-refractivity contribution in [3.8, 4) is 0 Å². The highest BCUT2D eigenvalue weighted by molar-refractivity contribution is 7.99. The Morgan fingerprint density at radius 3 is 2.10 bits per heavy atom. The van der Waals surface area contributed by atoms with Crippen molar-refractivity contribution >= 4 is 35.5 Å². The van der Waals surface area contributed by atoms with Gasteiger partial charge in [0, 0.05) is 12.2 Å². The molecule has 0 bridgehead atoms. The second-order valence-electron chi connectivity index (χ2n) is 9.55. The fraction of sp³-hybridized carbons (Fsp3) is 0.818. The quantitative estimate of drug-likeness (QED) is 0.0798. The lowest BCUT2D eigenvalue weighted by atomic mass is 9.97. The molecule has 0 aromatic carbocycles. The van der Waals surface area contributed by atoms with Gasteiger partial charge in [0.05, 0.1) is 13.2 Å². The SMILES string of the molecule is N[C@H](CCC(=O)N[C@@H](CSC1O[C@H](CO)[C@@H](O[C@@H]2O[C@H](CO)[C@H](O)[C@H](O)[C@H]2O)[C@H](O)[C@H]1O)C(=O)NCC(=O)O)C(=O)O. The number of hydrogen-bond donors (Lipinski definition) is 12. The number of nitrogens with one attached hydrogen (secondary N) is 2. The van der Waals surface area contributed by atoms with E-state index >= 15 is 0 Å². The molecule has 0 spiro atoms. The molecule has 2 aliphatic rings. The number of carbonyl (C=O) groups excluding carboxylic acids is 2. The van der Waals surface area contributed by atoms with E-state index in [0.29, 0.717) is 11.8 Å². The zero-order valence-corrected chi connectivity index (χ0v) is 22.9. The molecular weight excluding hydrogens is 594 g/mol. The van der Waals surface area contributed by atoms with Gasteiger partial charge in [0.15, 0.2) is 6.29 Å². The molecule has 0 saturated carbocycles. The molecule has 19 nitrogen and oxygen atoms in total. The number of aliphatic hydroxyl groups is 7. The van der Waals surface area contributed by atoms with Crippen molar-refractivity contribution in [2.45, 2.75) is 85.5 Å². The van der Waals surface area contributed by atoms with Crippen LogP contribution in [0.2, 0.25) is 0 Å². The molecule has 2 heterocycles. The molecule has 2 fully saturated rings. The molecule has 0 radical (unpaired) electrons. The summed E-state index contributed by atoms with van der Waals surface area (Å²) >= 11 is 0.696. The van der Waals surface area contributed by atoms with Crippen LogP contribution in [0.5, 0.6) is 0 Å². The van der Waals surface area contributed by atoms with Crippen LogP contribution in [0.15, 0.2) is 0 Å². The number of aliphatic hydroxyl groups excluding tert-OH is 7. The van der Waals surface area contributed by atoms with Crippen LogP contribution in [0.4, 0.5) is 0 Å². The third-order valence-corrected chi connectivity index (χ3v) is 7.70. The van der Waals surface area contributed by atoms with Gasteiger partial charge in [-0.25, -0.2) is 0 Å². The number of thioether (sulfide) groups is 1. The van der Waals surface area contributed by atoms with Gasteiger partial charge in [-0.05, 0) is 6.42 Å². The van der Waals surface area contributed by atoms with Crippen LogP contribution < -0.4 is 16.4 Å². The zero-order chi connectivity index (χ0) is 31.7. The van der Waals surface area contributed by atoms with E-state index in [0.717, 1.165) is 0 Å². The molecule has 2 amide bonds. The van der Waals surface area contributed by atoms with Crippen molar-refractivity contribution < 1.29 is 79.3 Å². The molecule has 12 atom stereocenters. The van der Waals surface area contributed by atoms with Crippen LogP contribution in [0, 0.1) is 0 Å². The Labute approximate surface area is 242 Å². The highest BCUT2D eigenvalue weighted by Gasteiger charge is 2.50. The van der Waals surface area contributed by atoms with Crippen molar-refractivity contribution in [3.63, 3.8) is 0 Å². The summed E-state index contributed by atoms with van der Waals surface area (Å²) in [5.74, 6) is -4.79. The molecule has 0 aromatic rings. The lowest BCUT2D eigenvalue weighted by molar-refractivity contribution is -0.338. The van der Waals surface area contributed by atoms with Crippen LogP contribution in [-0.2, 0) is 33.4 Å². The largest absolute Gasteiger partial charge is 0.480 e. The van der Waals surface area contributed by atoms with Crippen LogP contribution >= 0.6 is 11.8 Å². The molecule has 1 unspecified atom stereocenters. The van der Waals surface area contributed by atoms with Crippen molar-refractivity contribution in [1.29, 1.82) is 0 Å². The van der Waals surface area contributed by atoms with Crippen LogP contribution in [-0.4, -0.2) is 168 Å². The van der Waals surface area contributed by atoms with Gasteiger partial charge < -0.3 is 76.5 Å². The smallest absolute Gasteiger partial charge is 0.322 e. The first-order valence-corrected chi connectivity index (χ1v) is 13.7. The first kappa shape index (κ1) is 36.0. The van der Waals surface area contributed by atoms with E-state index in [4.69, 9.17) is 30.2 Å². The Bertz CT molecular complexity index is 928. The zero-order valence-electron chi connectivity index (χ0n) is 22.0. The standard InChI is InChI=1S/C22H37N3O16S/c23-7(20(37)38)1-2-11(28)25-8(19(36)24-3-12(29)30)6-42-22-17(35)15(33)18(10(5-27)40-22)41-21-16(34)14(32)13(31)9(4-26)39-21/h7-10,13-18,21-22,26-27,31-35H,1-6,23H2,(H,24,36)(H,25,28)(H,29,30)(H,37,38)/t7-,8+,9-,10-,13+,14+,15-,16-,17-,18-,21+,22?/m1/s1. The number of aliphatic carboxylic acids is 2. The summed E-state index contributed by atoms with van der Waals surface area (Å²) in [6.45, 7) is -2.35. The summed E-state index contributed by atoms with van der Waals surface area (Å²) < 4.78 is 16.3. The summed E-state index contributed by atoms with van der Waals surface area (Å²) in [4.78, 5) is 46.6. The van der Waals surface area contributed by atoms with E-state index in [-0.39, 0.29) is 18.6 Å². The molecule has 20 heteroatoms. The molecule has 2 saturated heterocycles. The van der Waals surface area contributed by atoms with Gasteiger partial charge in [0.25, 0.3) is 0 Å². The van der Waals surface area contributed by atoms with E-state index < -0.39 is 116 Å². The van der Waals surface area contributed by atoms with E-state index in [1.165, 1.54) is 0 Å². The van der Waals surface area contributed by atoms with Gasteiger partial charge in [-0.1, -0.05) is 0 Å². The third kappa shape index (κ3) is 9.65. The number of nitrogens with two attached hydrogens (primary N) is 1. The maximum Gasteiger partial charge on any atom is 0.322 e. The highest BCUT2D eigenvalue weighted by Crippen LogP contribution is 2.33. The molecular formula is C22H37N3O16S. The molecule has 2 aliphatic heterocycles. The van der Waals surface area contributed by atoms with Gasteiger partial charge >= 0.3 is 11.9 Å². The second-order valence-corrected chi connectivity index (χ2v) is 10.7. The van der Waals surface area contributed by atoms with Gasteiger partial charge in [-0.2, -0.15) is 0 Å². The van der Waals surface area contributed by atoms with E-state index in [1.807, 2.05) is 0 Å². The maximum absolute atomic E-state index is 12.5. The summed E-state index contributed by atoms with van der Waals surface area (Å²) in [5.41, 5.74) is 4.02. The highest BCUT2D eigenvalue weighted by atomic mass is 32.2. The number of hydrogen-bond acceptors (Lipinski definition) is 16. The molecule has 0 aromatic heterocycles. The van der Waals surface area contributed by atoms with E-state index in [2.05, 4.69) is 10.6 Å². The molecule has 42 heavy (non-hydrogen) atoms. The van der Waals surface area contributed by atoms with Gasteiger partial charge in [-0.3, -0.25) is 19.2 Å². The lowest BCUT2D eigenvalue weighted by Crippen LogP contribution is -2.64. The number of carboxylic acid groups (broad SMARTS) is 2. The van der Waals surface area contributed by atoms with Crippen molar-refractivity contribution in [2.75, 3.05) is 25.5 Å². The van der Waals surface area contributed by atoms with E-state index in [9.17, 15) is 54.9 Å². The fourth-order valence-electron chi connectivity index (χ4n) is 4.03. The summed E-state index contributed by atoms with van der Waals surface area (Å²) in [6, 6.07) is -2.75. The van der Waals surface area contributed by atoms with Gasteiger partial charge in [0.1, 0.15) is 72.9 Å². The number of carbonyl (C=O) groups is 4.